The van der Waals surface area contributed by atoms with E-state index in [0.717, 1.165) is 27.1 Å². The summed E-state index contributed by atoms with van der Waals surface area (Å²) in [5.41, 5.74) is 3.05. The van der Waals surface area contributed by atoms with E-state index < -0.39 is 38.8 Å². The fourth-order valence-corrected chi connectivity index (χ4v) is 2.96. The van der Waals surface area contributed by atoms with E-state index >= 15 is 0 Å². The standard InChI is InChI=1S/C16H17FN4O5S/c1-20(2)27(25,26)11-6-7-13(17)12(9-11)16(24)19-18-14(22)10-21-8-4-3-5-15(21)23/h3-9H,10H2,1-2H3,(H,18,22)(H,19,24). The van der Waals surface area contributed by atoms with Crippen LogP contribution in [-0.2, 0) is 21.4 Å². The molecule has 0 aliphatic carbocycles. The van der Waals surface area contributed by atoms with Crippen LogP contribution in [0.15, 0.2) is 52.3 Å². The van der Waals surface area contributed by atoms with Gasteiger partial charge in [0, 0.05) is 26.4 Å². The molecule has 0 saturated heterocycles. The maximum Gasteiger partial charge on any atom is 0.272 e. The topological polar surface area (TPSA) is 118 Å². The molecule has 27 heavy (non-hydrogen) atoms. The Morgan fingerprint density at radius 3 is 2.48 bits per heavy atom. The SMILES string of the molecule is CN(C)S(=O)(=O)c1ccc(F)c(C(=O)NNC(=O)Cn2ccccc2=O)c1. The van der Waals surface area contributed by atoms with E-state index in [1.807, 2.05) is 10.9 Å². The number of rotatable bonds is 5. The predicted octanol–water partition coefficient (Wildman–Crippen LogP) is -0.301. The first-order valence-corrected chi connectivity index (χ1v) is 9.03. The number of aromatic nitrogens is 1. The Labute approximate surface area is 154 Å². The molecule has 1 aromatic heterocycles. The van der Waals surface area contributed by atoms with E-state index in [9.17, 15) is 27.2 Å². The average molecular weight is 396 g/mol. The van der Waals surface area contributed by atoms with Crippen LogP contribution in [0.1, 0.15) is 10.4 Å². The largest absolute Gasteiger partial charge is 0.306 e. The van der Waals surface area contributed by atoms with Crippen LogP contribution in [0.25, 0.3) is 0 Å². The Hall–Kier alpha value is -3.05. The minimum atomic E-state index is -3.87. The highest BCUT2D eigenvalue weighted by Crippen LogP contribution is 2.17. The second-order valence-corrected chi connectivity index (χ2v) is 7.75. The van der Waals surface area contributed by atoms with Gasteiger partial charge in [-0.15, -0.1) is 0 Å². The molecule has 2 rings (SSSR count). The zero-order valence-corrected chi connectivity index (χ0v) is 15.3. The van der Waals surface area contributed by atoms with Crippen molar-refractivity contribution in [3.63, 3.8) is 0 Å². The zero-order valence-electron chi connectivity index (χ0n) is 14.5. The van der Waals surface area contributed by atoms with Gasteiger partial charge < -0.3 is 4.57 Å². The first kappa shape index (κ1) is 20.3. The summed E-state index contributed by atoms with van der Waals surface area (Å²) in [5.74, 6) is -2.73. The number of halogens is 1. The highest BCUT2D eigenvalue weighted by Gasteiger charge is 2.21. The molecular formula is C16H17FN4O5S. The van der Waals surface area contributed by atoms with Crippen LogP contribution in [-0.4, -0.2) is 43.2 Å². The number of carbonyl (C=O) groups excluding carboxylic acids is 2. The third kappa shape index (κ3) is 4.77. The lowest BCUT2D eigenvalue weighted by Gasteiger charge is -2.13. The van der Waals surface area contributed by atoms with Gasteiger partial charge in [0.1, 0.15) is 12.4 Å². The Morgan fingerprint density at radius 2 is 1.85 bits per heavy atom. The number of carbonyl (C=O) groups is 2. The Bertz CT molecular complexity index is 1030. The van der Waals surface area contributed by atoms with E-state index in [0.29, 0.717) is 0 Å². The summed E-state index contributed by atoms with van der Waals surface area (Å²) >= 11 is 0. The number of nitrogens with zero attached hydrogens (tertiary/aromatic N) is 2. The van der Waals surface area contributed by atoms with Gasteiger partial charge in [-0.25, -0.2) is 17.1 Å². The quantitative estimate of drug-likeness (QED) is 0.673. The molecule has 144 valence electrons. The Kier molecular flexibility index (Phi) is 6.08. The van der Waals surface area contributed by atoms with Crippen molar-refractivity contribution in [3.05, 3.63) is 64.3 Å². The molecule has 0 aliphatic rings. The van der Waals surface area contributed by atoms with Crippen molar-refractivity contribution in [2.75, 3.05) is 14.1 Å². The molecule has 1 heterocycles. The smallest absolute Gasteiger partial charge is 0.272 e. The second kappa shape index (κ2) is 8.10. The molecule has 0 aliphatic heterocycles. The number of hydrogen-bond acceptors (Lipinski definition) is 5. The third-order valence-corrected chi connectivity index (χ3v) is 5.30. The van der Waals surface area contributed by atoms with Crippen molar-refractivity contribution in [1.29, 1.82) is 0 Å². The monoisotopic (exact) mass is 396 g/mol. The van der Waals surface area contributed by atoms with E-state index in [2.05, 4.69) is 0 Å². The molecule has 2 aromatic rings. The van der Waals surface area contributed by atoms with Crippen molar-refractivity contribution in [2.45, 2.75) is 11.4 Å². The number of nitrogens with one attached hydrogen (secondary N) is 2. The number of hydrogen-bond donors (Lipinski definition) is 2. The number of benzene rings is 1. The van der Waals surface area contributed by atoms with Crippen molar-refractivity contribution in [3.8, 4) is 0 Å². The summed E-state index contributed by atoms with van der Waals surface area (Å²) < 4.78 is 40.1. The minimum absolute atomic E-state index is 0.277. The fraction of sp³-hybridized carbons (Fsp3) is 0.188. The van der Waals surface area contributed by atoms with Gasteiger partial charge in [0.25, 0.3) is 17.4 Å². The van der Waals surface area contributed by atoms with E-state index in [-0.39, 0.29) is 11.4 Å². The maximum absolute atomic E-state index is 13.9. The molecule has 0 spiro atoms. The van der Waals surface area contributed by atoms with Gasteiger partial charge in [0.05, 0.1) is 10.5 Å². The lowest BCUT2D eigenvalue weighted by Crippen LogP contribution is -2.44. The van der Waals surface area contributed by atoms with Crippen LogP contribution in [0.3, 0.4) is 0 Å². The third-order valence-electron chi connectivity index (χ3n) is 3.49. The number of pyridine rings is 1. The van der Waals surface area contributed by atoms with Crippen molar-refractivity contribution < 1.29 is 22.4 Å². The molecule has 0 saturated carbocycles. The van der Waals surface area contributed by atoms with Gasteiger partial charge in [-0.05, 0) is 24.3 Å². The Balaban J connectivity index is 2.11. The van der Waals surface area contributed by atoms with Crippen LogP contribution in [0.2, 0.25) is 0 Å². The lowest BCUT2D eigenvalue weighted by atomic mass is 10.2. The van der Waals surface area contributed by atoms with Gasteiger partial charge in [-0.1, -0.05) is 6.07 Å². The maximum atomic E-state index is 13.9. The first-order valence-electron chi connectivity index (χ1n) is 7.59. The lowest BCUT2D eigenvalue weighted by molar-refractivity contribution is -0.122. The molecular weight excluding hydrogens is 379 g/mol. The summed E-state index contributed by atoms with van der Waals surface area (Å²) in [6.07, 6.45) is 1.39. The van der Waals surface area contributed by atoms with E-state index in [4.69, 9.17) is 0 Å². The second-order valence-electron chi connectivity index (χ2n) is 5.60. The predicted molar refractivity (Wildman–Crippen MR) is 93.6 cm³/mol. The molecule has 0 fully saturated rings. The van der Waals surface area contributed by atoms with E-state index in [1.54, 1.807) is 6.07 Å². The highest BCUT2D eigenvalue weighted by molar-refractivity contribution is 7.89. The summed E-state index contributed by atoms with van der Waals surface area (Å²) in [5, 5.41) is 0. The van der Waals surface area contributed by atoms with Crippen LogP contribution in [0, 0.1) is 5.82 Å². The number of amides is 2. The van der Waals surface area contributed by atoms with Crippen LogP contribution < -0.4 is 16.4 Å². The molecule has 2 amide bonds. The van der Waals surface area contributed by atoms with Gasteiger partial charge in [-0.3, -0.25) is 25.2 Å². The van der Waals surface area contributed by atoms with Crippen LogP contribution in [0.5, 0.6) is 0 Å². The Morgan fingerprint density at radius 1 is 1.15 bits per heavy atom. The molecule has 1 aromatic carbocycles. The molecule has 2 N–H and O–H groups in total. The molecule has 0 atom stereocenters. The molecule has 9 nitrogen and oxygen atoms in total. The normalized spacial score (nSPS) is 11.3. The molecule has 11 heteroatoms. The summed E-state index contributed by atoms with van der Waals surface area (Å²) in [6.45, 7) is -0.364. The first-order chi connectivity index (χ1) is 12.6. The highest BCUT2D eigenvalue weighted by atomic mass is 32.2. The van der Waals surface area contributed by atoms with Crippen LogP contribution in [0.4, 0.5) is 4.39 Å². The molecule has 0 unspecified atom stereocenters. The van der Waals surface area contributed by atoms with Gasteiger partial charge in [0.15, 0.2) is 0 Å². The zero-order chi connectivity index (χ0) is 20.2. The number of hydrazine groups is 1. The summed E-state index contributed by atoms with van der Waals surface area (Å²) in [6, 6.07) is 7.07. The van der Waals surface area contributed by atoms with E-state index in [1.165, 1.54) is 32.4 Å². The van der Waals surface area contributed by atoms with Gasteiger partial charge >= 0.3 is 0 Å². The fourth-order valence-electron chi connectivity index (χ4n) is 2.03. The van der Waals surface area contributed by atoms with Gasteiger partial charge in [0.2, 0.25) is 10.0 Å². The number of sulfonamides is 1. The van der Waals surface area contributed by atoms with Gasteiger partial charge in [-0.2, -0.15) is 0 Å². The van der Waals surface area contributed by atoms with Crippen molar-refractivity contribution >= 4 is 21.8 Å². The van der Waals surface area contributed by atoms with Crippen LogP contribution >= 0.6 is 0 Å². The summed E-state index contributed by atoms with van der Waals surface area (Å²) in [7, 11) is -1.27. The molecule has 0 radical (unpaired) electrons. The summed E-state index contributed by atoms with van der Waals surface area (Å²) in [4.78, 5) is 35.2. The average Bonchev–Trinajstić information content (AvgIpc) is 2.61. The van der Waals surface area contributed by atoms with Crippen molar-refractivity contribution in [1.82, 2.24) is 19.7 Å². The molecule has 0 bridgehead atoms. The van der Waals surface area contributed by atoms with Crippen molar-refractivity contribution in [2.24, 2.45) is 0 Å². The minimum Gasteiger partial charge on any atom is -0.306 e.